The molecule has 1 aromatic carbocycles. The van der Waals surface area contributed by atoms with Gasteiger partial charge in [0.2, 0.25) is 11.7 Å². The summed E-state index contributed by atoms with van der Waals surface area (Å²) in [4.78, 5) is 11.2. The van der Waals surface area contributed by atoms with Crippen molar-refractivity contribution >= 4 is 41.5 Å². The third-order valence-corrected chi connectivity index (χ3v) is 5.56. The van der Waals surface area contributed by atoms with Gasteiger partial charge in [0.15, 0.2) is 5.96 Å². The molecular weight excluding hydrogens is 543 g/mol. The van der Waals surface area contributed by atoms with E-state index in [0.717, 1.165) is 30.4 Å². The van der Waals surface area contributed by atoms with Crippen molar-refractivity contribution in [3.63, 3.8) is 0 Å². The highest BCUT2D eigenvalue weighted by Crippen LogP contribution is 2.25. The van der Waals surface area contributed by atoms with Crippen molar-refractivity contribution in [3.8, 4) is 11.4 Å². The van der Waals surface area contributed by atoms with Crippen molar-refractivity contribution in [1.29, 1.82) is 0 Å². The van der Waals surface area contributed by atoms with E-state index in [-0.39, 0.29) is 30.0 Å². The lowest BCUT2D eigenvalue weighted by Gasteiger charge is -2.26. The molecule has 8 nitrogen and oxygen atoms in total. The van der Waals surface area contributed by atoms with Crippen LogP contribution >= 0.6 is 35.6 Å². The normalized spacial score (nSPS) is 15.4. The molecule has 0 spiro atoms. The molecule has 2 N–H and O–H groups in total. The molecule has 32 heavy (non-hydrogen) atoms. The van der Waals surface area contributed by atoms with Crippen LogP contribution in [0.4, 0.5) is 0 Å². The van der Waals surface area contributed by atoms with Crippen LogP contribution in [-0.4, -0.2) is 54.2 Å². The number of aromatic nitrogens is 2. The lowest BCUT2D eigenvalue weighted by Crippen LogP contribution is -2.43. The molecule has 0 saturated carbocycles. The first-order valence-corrected chi connectivity index (χ1v) is 10.9. The van der Waals surface area contributed by atoms with Crippen LogP contribution in [0.3, 0.4) is 0 Å². The molecular formula is C22H28ClIN6O2. The summed E-state index contributed by atoms with van der Waals surface area (Å²) in [5.41, 5.74) is 0.832. The Hall–Kier alpha value is -2.11. The quantitative estimate of drug-likeness (QED) is 0.239. The number of hydrogen-bond acceptors (Lipinski definition) is 6. The fraction of sp³-hybridized carbons (Fsp3) is 0.409. The summed E-state index contributed by atoms with van der Waals surface area (Å²) in [7, 11) is 1.76. The SMILES string of the molecule is CN=C(NCCc1nc(-c2cccc(Cl)c2)no1)NCC(c1ccco1)N1CCCC1.I. The fourth-order valence-electron chi connectivity index (χ4n) is 3.75. The van der Waals surface area contributed by atoms with E-state index in [0.29, 0.717) is 36.2 Å². The van der Waals surface area contributed by atoms with E-state index in [1.807, 2.05) is 36.4 Å². The summed E-state index contributed by atoms with van der Waals surface area (Å²) in [5, 5.41) is 11.4. The second-order valence-electron chi connectivity index (χ2n) is 7.43. The van der Waals surface area contributed by atoms with Crippen LogP contribution in [0.5, 0.6) is 0 Å². The number of halogens is 2. The number of nitrogens with one attached hydrogen (secondary N) is 2. The Kier molecular flexibility index (Phi) is 9.36. The number of nitrogens with zero attached hydrogens (tertiary/aromatic N) is 4. The van der Waals surface area contributed by atoms with Gasteiger partial charge in [-0.1, -0.05) is 28.9 Å². The third kappa shape index (κ3) is 6.46. The van der Waals surface area contributed by atoms with Crippen LogP contribution in [0.15, 0.2) is 56.6 Å². The topological polar surface area (TPSA) is 91.7 Å². The number of likely N-dealkylation sites (tertiary alicyclic amines) is 1. The van der Waals surface area contributed by atoms with E-state index in [2.05, 4.69) is 30.7 Å². The predicted molar refractivity (Wildman–Crippen MR) is 135 cm³/mol. The molecule has 1 saturated heterocycles. The standard InChI is InChI=1S/C22H27ClN6O2.HI/c1-24-22(26-15-18(19-8-5-13-30-19)29-11-2-3-12-29)25-10-9-20-27-21(28-31-20)16-6-4-7-17(23)14-16;/h4-8,13-14,18H,2-3,9-12,15H2,1H3,(H2,24,25,26);1H. The van der Waals surface area contributed by atoms with Gasteiger partial charge >= 0.3 is 0 Å². The molecule has 1 aliphatic heterocycles. The first-order valence-electron chi connectivity index (χ1n) is 10.5. The number of furan rings is 1. The molecule has 172 valence electrons. The van der Waals surface area contributed by atoms with E-state index >= 15 is 0 Å². The molecule has 0 aliphatic carbocycles. The van der Waals surface area contributed by atoms with Gasteiger partial charge in [0.05, 0.1) is 12.3 Å². The van der Waals surface area contributed by atoms with Gasteiger partial charge in [-0.15, -0.1) is 24.0 Å². The molecule has 3 heterocycles. The van der Waals surface area contributed by atoms with Gasteiger partial charge in [0.1, 0.15) is 5.76 Å². The largest absolute Gasteiger partial charge is 0.468 e. The Labute approximate surface area is 209 Å². The zero-order valence-corrected chi connectivity index (χ0v) is 21.0. The van der Waals surface area contributed by atoms with Crippen LogP contribution in [0.25, 0.3) is 11.4 Å². The summed E-state index contributed by atoms with van der Waals surface area (Å²) in [6, 6.07) is 11.6. The molecule has 1 unspecified atom stereocenters. The molecule has 0 bridgehead atoms. The smallest absolute Gasteiger partial charge is 0.228 e. The molecule has 4 rings (SSSR count). The second kappa shape index (κ2) is 12.2. The number of hydrogen-bond donors (Lipinski definition) is 2. The molecule has 0 radical (unpaired) electrons. The van der Waals surface area contributed by atoms with Crippen molar-refractivity contribution in [2.75, 3.05) is 33.2 Å². The number of aliphatic imine (C=N–C) groups is 1. The van der Waals surface area contributed by atoms with E-state index in [1.165, 1.54) is 12.8 Å². The number of rotatable bonds is 8. The minimum absolute atomic E-state index is 0. The minimum Gasteiger partial charge on any atom is -0.468 e. The summed E-state index contributed by atoms with van der Waals surface area (Å²) in [6.45, 7) is 3.51. The van der Waals surface area contributed by atoms with Gasteiger partial charge in [0, 0.05) is 37.1 Å². The summed E-state index contributed by atoms with van der Waals surface area (Å²) in [6.07, 6.45) is 4.77. The Bertz CT molecular complexity index is 988. The van der Waals surface area contributed by atoms with Crippen molar-refractivity contribution in [3.05, 3.63) is 59.3 Å². The number of benzene rings is 1. The van der Waals surface area contributed by atoms with Gasteiger partial charge in [-0.2, -0.15) is 4.98 Å². The molecule has 1 atom stereocenters. The molecule has 1 fully saturated rings. The van der Waals surface area contributed by atoms with Crippen LogP contribution in [-0.2, 0) is 6.42 Å². The monoisotopic (exact) mass is 570 g/mol. The fourth-order valence-corrected chi connectivity index (χ4v) is 3.94. The van der Waals surface area contributed by atoms with Crippen molar-refractivity contribution in [2.45, 2.75) is 25.3 Å². The van der Waals surface area contributed by atoms with Crippen molar-refractivity contribution in [2.24, 2.45) is 4.99 Å². The van der Waals surface area contributed by atoms with E-state index in [4.69, 9.17) is 20.5 Å². The maximum atomic E-state index is 6.04. The molecule has 2 aromatic heterocycles. The summed E-state index contributed by atoms with van der Waals surface area (Å²) in [5.74, 6) is 2.80. The van der Waals surface area contributed by atoms with Crippen LogP contribution in [0, 0.1) is 0 Å². The predicted octanol–water partition coefficient (Wildman–Crippen LogP) is 4.15. The van der Waals surface area contributed by atoms with Gasteiger partial charge in [-0.05, 0) is 50.2 Å². The van der Waals surface area contributed by atoms with Gasteiger partial charge in [-0.3, -0.25) is 9.89 Å². The second-order valence-corrected chi connectivity index (χ2v) is 7.86. The lowest BCUT2D eigenvalue weighted by molar-refractivity contribution is 0.215. The highest BCUT2D eigenvalue weighted by atomic mass is 127. The first-order chi connectivity index (χ1) is 15.2. The highest BCUT2D eigenvalue weighted by molar-refractivity contribution is 14.0. The average Bonchev–Trinajstić information content (AvgIpc) is 3.56. The molecule has 1 aliphatic rings. The molecule has 0 amide bonds. The third-order valence-electron chi connectivity index (χ3n) is 5.32. The maximum Gasteiger partial charge on any atom is 0.228 e. The van der Waals surface area contributed by atoms with Crippen molar-refractivity contribution in [1.82, 2.24) is 25.7 Å². The van der Waals surface area contributed by atoms with E-state index in [1.54, 1.807) is 13.3 Å². The average molecular weight is 571 g/mol. The summed E-state index contributed by atoms with van der Waals surface area (Å²) < 4.78 is 11.0. The minimum atomic E-state index is 0. The van der Waals surface area contributed by atoms with Crippen LogP contribution in [0.2, 0.25) is 5.02 Å². The van der Waals surface area contributed by atoms with Crippen molar-refractivity contribution < 1.29 is 8.94 Å². The van der Waals surface area contributed by atoms with Gasteiger partial charge < -0.3 is 19.6 Å². The number of guanidine groups is 1. The highest BCUT2D eigenvalue weighted by Gasteiger charge is 2.25. The molecule has 3 aromatic rings. The van der Waals surface area contributed by atoms with E-state index in [9.17, 15) is 0 Å². The van der Waals surface area contributed by atoms with Gasteiger partial charge in [-0.25, -0.2) is 0 Å². The summed E-state index contributed by atoms with van der Waals surface area (Å²) >= 11 is 6.04. The zero-order valence-electron chi connectivity index (χ0n) is 18.0. The Balaban J connectivity index is 0.00000289. The maximum absolute atomic E-state index is 6.04. The van der Waals surface area contributed by atoms with Crippen LogP contribution < -0.4 is 10.6 Å². The Morgan fingerprint density at radius 3 is 2.78 bits per heavy atom. The van der Waals surface area contributed by atoms with E-state index < -0.39 is 0 Å². The Morgan fingerprint density at radius 1 is 1.22 bits per heavy atom. The lowest BCUT2D eigenvalue weighted by atomic mass is 10.2. The van der Waals surface area contributed by atoms with Crippen LogP contribution in [0.1, 0.15) is 30.5 Å². The van der Waals surface area contributed by atoms with Gasteiger partial charge in [0.25, 0.3) is 0 Å². The first kappa shape index (κ1) is 24.5. The zero-order chi connectivity index (χ0) is 21.5. The Morgan fingerprint density at radius 2 is 2.06 bits per heavy atom. The molecule has 10 heteroatoms.